The highest BCUT2D eigenvalue weighted by atomic mass is 16.4. The summed E-state index contributed by atoms with van der Waals surface area (Å²) in [5.74, 6) is 1.28. The van der Waals surface area contributed by atoms with E-state index in [-0.39, 0.29) is 5.78 Å². The average molecular weight is 250 g/mol. The lowest BCUT2D eigenvalue weighted by molar-refractivity contribution is 0.0987. The maximum absolute atomic E-state index is 11.3. The smallest absolute Gasteiger partial charge is 0.196 e. The third kappa shape index (κ3) is 2.75. The van der Waals surface area contributed by atoms with Crippen LogP contribution in [0.1, 0.15) is 37.2 Å². The first-order valence-corrected chi connectivity index (χ1v) is 6.67. The van der Waals surface area contributed by atoms with Crippen molar-refractivity contribution in [3.05, 3.63) is 17.9 Å². The number of carbonyl (C=O) groups excluding carboxylic acids is 1. The molecule has 0 amide bonds. The zero-order valence-electron chi connectivity index (χ0n) is 11.5. The number of anilines is 1. The maximum atomic E-state index is 11.3. The number of Topliss-reactive ketones (excluding diaryl/α,β-unsaturated/α-hetero) is 1. The van der Waals surface area contributed by atoms with Crippen molar-refractivity contribution in [1.29, 1.82) is 0 Å². The van der Waals surface area contributed by atoms with Gasteiger partial charge in [0.1, 0.15) is 0 Å². The topological polar surface area (TPSA) is 36.7 Å². The summed E-state index contributed by atoms with van der Waals surface area (Å²) in [4.78, 5) is 16.0. The Balaban J connectivity index is 2.20. The summed E-state index contributed by atoms with van der Waals surface area (Å²) in [5.41, 5.74) is 0. The van der Waals surface area contributed by atoms with Crippen molar-refractivity contribution in [2.45, 2.75) is 32.7 Å². The van der Waals surface area contributed by atoms with Gasteiger partial charge in [-0.15, -0.1) is 0 Å². The molecule has 0 aromatic carbocycles. The second kappa shape index (κ2) is 5.57. The molecule has 0 spiro atoms. The SMILES string of the molecule is CCC1CN(C)CCCN1c1ccc(C(C)=O)o1. The van der Waals surface area contributed by atoms with E-state index >= 15 is 0 Å². The van der Waals surface area contributed by atoms with Crippen molar-refractivity contribution in [2.75, 3.05) is 31.6 Å². The van der Waals surface area contributed by atoms with Gasteiger partial charge in [0.2, 0.25) is 0 Å². The van der Waals surface area contributed by atoms with Gasteiger partial charge in [0.15, 0.2) is 17.4 Å². The molecule has 0 N–H and O–H groups in total. The van der Waals surface area contributed by atoms with E-state index in [2.05, 4.69) is 23.8 Å². The Morgan fingerprint density at radius 1 is 1.44 bits per heavy atom. The van der Waals surface area contributed by atoms with Crippen molar-refractivity contribution in [3.63, 3.8) is 0 Å². The molecule has 0 bridgehead atoms. The minimum absolute atomic E-state index is 0.0127. The summed E-state index contributed by atoms with van der Waals surface area (Å²) < 4.78 is 5.67. The largest absolute Gasteiger partial charge is 0.437 e. The lowest BCUT2D eigenvalue weighted by Crippen LogP contribution is -2.39. The molecule has 1 aromatic heterocycles. The molecule has 1 unspecified atom stereocenters. The highest BCUT2D eigenvalue weighted by Crippen LogP contribution is 2.24. The van der Waals surface area contributed by atoms with Gasteiger partial charge in [-0.3, -0.25) is 4.79 Å². The molecule has 2 rings (SSSR count). The molecule has 1 atom stereocenters. The van der Waals surface area contributed by atoms with E-state index in [1.54, 1.807) is 6.07 Å². The van der Waals surface area contributed by atoms with Crippen LogP contribution in [0.15, 0.2) is 16.5 Å². The molecule has 1 saturated heterocycles. The van der Waals surface area contributed by atoms with Crippen LogP contribution in [0.2, 0.25) is 0 Å². The molecule has 1 aliphatic rings. The Hall–Kier alpha value is -1.29. The van der Waals surface area contributed by atoms with Crippen LogP contribution >= 0.6 is 0 Å². The number of carbonyl (C=O) groups is 1. The number of likely N-dealkylation sites (N-methyl/N-ethyl adjacent to an activating group) is 1. The molecule has 4 heteroatoms. The Kier molecular flexibility index (Phi) is 4.07. The Labute approximate surface area is 109 Å². The van der Waals surface area contributed by atoms with Gasteiger partial charge in [0.25, 0.3) is 0 Å². The van der Waals surface area contributed by atoms with Crippen molar-refractivity contribution >= 4 is 11.7 Å². The monoisotopic (exact) mass is 250 g/mol. The van der Waals surface area contributed by atoms with Crippen molar-refractivity contribution in [3.8, 4) is 0 Å². The van der Waals surface area contributed by atoms with Crippen molar-refractivity contribution in [1.82, 2.24) is 4.90 Å². The van der Waals surface area contributed by atoms with Gasteiger partial charge >= 0.3 is 0 Å². The highest BCUT2D eigenvalue weighted by molar-refractivity contribution is 5.91. The van der Waals surface area contributed by atoms with Crippen molar-refractivity contribution < 1.29 is 9.21 Å². The lowest BCUT2D eigenvalue weighted by Gasteiger charge is -2.29. The standard InChI is InChI=1S/C14H22N2O2/c1-4-12-10-15(3)8-5-9-16(12)14-7-6-13(18-14)11(2)17/h6-7,12H,4-5,8-10H2,1-3H3. The molecule has 0 radical (unpaired) electrons. The summed E-state index contributed by atoms with van der Waals surface area (Å²) >= 11 is 0. The third-order valence-corrected chi connectivity index (χ3v) is 3.60. The van der Waals surface area contributed by atoms with Crippen LogP contribution in [0.3, 0.4) is 0 Å². The average Bonchev–Trinajstić information content (AvgIpc) is 2.74. The second-order valence-corrected chi connectivity index (χ2v) is 5.07. The molecule has 4 nitrogen and oxygen atoms in total. The van der Waals surface area contributed by atoms with E-state index < -0.39 is 0 Å². The number of hydrogen-bond donors (Lipinski definition) is 0. The maximum Gasteiger partial charge on any atom is 0.196 e. The van der Waals surface area contributed by atoms with Gasteiger partial charge in [0.05, 0.1) is 0 Å². The second-order valence-electron chi connectivity index (χ2n) is 5.07. The number of hydrogen-bond acceptors (Lipinski definition) is 4. The molecule has 18 heavy (non-hydrogen) atoms. The molecule has 100 valence electrons. The van der Waals surface area contributed by atoms with Crippen LogP contribution in [0.5, 0.6) is 0 Å². The molecular weight excluding hydrogens is 228 g/mol. The van der Waals surface area contributed by atoms with Gasteiger partial charge in [-0.1, -0.05) is 6.92 Å². The fraction of sp³-hybridized carbons (Fsp3) is 0.643. The van der Waals surface area contributed by atoms with Gasteiger partial charge in [-0.05, 0) is 32.5 Å². The molecular formula is C14H22N2O2. The van der Waals surface area contributed by atoms with Gasteiger partial charge in [-0.25, -0.2) is 0 Å². The zero-order chi connectivity index (χ0) is 13.1. The highest BCUT2D eigenvalue weighted by Gasteiger charge is 2.24. The van der Waals surface area contributed by atoms with E-state index in [9.17, 15) is 4.79 Å². The summed E-state index contributed by atoms with van der Waals surface area (Å²) in [6, 6.07) is 4.16. The third-order valence-electron chi connectivity index (χ3n) is 3.60. The predicted molar refractivity (Wildman–Crippen MR) is 72.3 cm³/mol. The fourth-order valence-corrected chi connectivity index (χ4v) is 2.55. The first kappa shape index (κ1) is 13.1. The zero-order valence-corrected chi connectivity index (χ0v) is 11.5. The van der Waals surface area contributed by atoms with E-state index in [1.807, 2.05) is 6.07 Å². The molecule has 1 fully saturated rings. The lowest BCUT2D eigenvalue weighted by atomic mass is 10.2. The van der Waals surface area contributed by atoms with Crippen LogP contribution in [0.25, 0.3) is 0 Å². The summed E-state index contributed by atoms with van der Waals surface area (Å²) in [5, 5.41) is 0. The minimum atomic E-state index is -0.0127. The quantitative estimate of drug-likeness (QED) is 0.772. The van der Waals surface area contributed by atoms with Gasteiger partial charge in [-0.2, -0.15) is 0 Å². The Bertz CT molecular complexity index is 414. The molecule has 1 aliphatic heterocycles. The number of rotatable bonds is 3. The summed E-state index contributed by atoms with van der Waals surface area (Å²) in [6.07, 6.45) is 2.21. The first-order chi connectivity index (χ1) is 8.61. The first-order valence-electron chi connectivity index (χ1n) is 6.67. The van der Waals surface area contributed by atoms with Gasteiger partial charge < -0.3 is 14.2 Å². The molecule has 0 aliphatic carbocycles. The van der Waals surface area contributed by atoms with Crippen LogP contribution in [0.4, 0.5) is 5.88 Å². The Morgan fingerprint density at radius 3 is 2.83 bits per heavy atom. The number of furan rings is 1. The minimum Gasteiger partial charge on any atom is -0.437 e. The predicted octanol–water partition coefficient (Wildman–Crippen LogP) is 2.40. The Morgan fingerprint density at radius 2 is 2.22 bits per heavy atom. The van der Waals surface area contributed by atoms with Crippen LogP contribution < -0.4 is 4.90 Å². The van der Waals surface area contributed by atoms with E-state index in [0.717, 1.165) is 38.4 Å². The van der Waals surface area contributed by atoms with Crippen molar-refractivity contribution in [2.24, 2.45) is 0 Å². The van der Waals surface area contributed by atoms with E-state index in [1.165, 1.54) is 6.92 Å². The molecule has 1 aromatic rings. The normalized spacial score (nSPS) is 21.9. The fourth-order valence-electron chi connectivity index (χ4n) is 2.55. The number of nitrogens with zero attached hydrogens (tertiary/aromatic N) is 2. The van der Waals surface area contributed by atoms with Crippen LogP contribution in [0, 0.1) is 0 Å². The van der Waals surface area contributed by atoms with E-state index in [0.29, 0.717) is 11.8 Å². The van der Waals surface area contributed by atoms with Gasteiger partial charge in [0, 0.05) is 32.1 Å². The van der Waals surface area contributed by atoms with Crippen LogP contribution in [-0.4, -0.2) is 43.4 Å². The summed E-state index contributed by atoms with van der Waals surface area (Å²) in [6.45, 7) is 6.90. The number of ketones is 1. The van der Waals surface area contributed by atoms with E-state index in [4.69, 9.17) is 4.42 Å². The summed E-state index contributed by atoms with van der Waals surface area (Å²) in [7, 11) is 2.16. The molecule has 0 saturated carbocycles. The molecule has 2 heterocycles. The van der Waals surface area contributed by atoms with Crippen LogP contribution in [-0.2, 0) is 0 Å².